The van der Waals surface area contributed by atoms with E-state index in [-0.39, 0.29) is 16.8 Å². The fourth-order valence-corrected chi connectivity index (χ4v) is 2.35. The molecule has 0 fully saturated rings. The number of hydrogen-bond donors (Lipinski definition) is 2. The van der Waals surface area contributed by atoms with Crippen molar-refractivity contribution in [1.29, 1.82) is 0 Å². The molecule has 2 N–H and O–H groups in total. The number of Topliss-reactive ketones (excluding diaryl/α,β-unsaturated/α-hetero) is 1. The molecule has 0 saturated carbocycles. The van der Waals surface area contributed by atoms with Gasteiger partial charge in [-0.05, 0) is 35.2 Å². The first-order chi connectivity index (χ1) is 11.3. The zero-order chi connectivity index (χ0) is 17.7. The van der Waals surface area contributed by atoms with Crippen LogP contribution in [-0.4, -0.2) is 23.4 Å². The molecular formula is C20H23NO3. The number of benzene rings is 2. The number of carbonyl (C=O) groups excluding carboxylic acids is 1. The SMILES string of the molecule is CC(C)(C)c1ccc(C(=O)CCNc2ccc(C(=O)O)cc2)cc1. The summed E-state index contributed by atoms with van der Waals surface area (Å²) >= 11 is 0. The number of anilines is 1. The molecule has 0 amide bonds. The molecule has 0 spiro atoms. The smallest absolute Gasteiger partial charge is 0.335 e. The van der Waals surface area contributed by atoms with Crippen molar-refractivity contribution >= 4 is 17.4 Å². The van der Waals surface area contributed by atoms with E-state index in [0.29, 0.717) is 18.5 Å². The highest BCUT2D eigenvalue weighted by atomic mass is 16.4. The van der Waals surface area contributed by atoms with Gasteiger partial charge in [0.15, 0.2) is 5.78 Å². The molecule has 0 aliphatic carbocycles. The van der Waals surface area contributed by atoms with Crippen molar-refractivity contribution in [2.24, 2.45) is 0 Å². The molecular weight excluding hydrogens is 302 g/mol. The average Bonchev–Trinajstić information content (AvgIpc) is 2.54. The van der Waals surface area contributed by atoms with Gasteiger partial charge in [-0.3, -0.25) is 4.79 Å². The van der Waals surface area contributed by atoms with E-state index in [4.69, 9.17) is 5.11 Å². The predicted molar refractivity (Wildman–Crippen MR) is 96.0 cm³/mol. The highest BCUT2D eigenvalue weighted by Crippen LogP contribution is 2.22. The van der Waals surface area contributed by atoms with Gasteiger partial charge in [-0.25, -0.2) is 4.79 Å². The quantitative estimate of drug-likeness (QED) is 0.774. The van der Waals surface area contributed by atoms with E-state index in [1.54, 1.807) is 12.1 Å². The monoisotopic (exact) mass is 325 g/mol. The van der Waals surface area contributed by atoms with Crippen LogP contribution in [0.2, 0.25) is 0 Å². The van der Waals surface area contributed by atoms with Gasteiger partial charge in [0.05, 0.1) is 5.56 Å². The van der Waals surface area contributed by atoms with Crippen LogP contribution in [0.15, 0.2) is 48.5 Å². The van der Waals surface area contributed by atoms with E-state index in [9.17, 15) is 9.59 Å². The van der Waals surface area contributed by atoms with Gasteiger partial charge < -0.3 is 10.4 Å². The largest absolute Gasteiger partial charge is 0.478 e. The van der Waals surface area contributed by atoms with Crippen LogP contribution in [0.5, 0.6) is 0 Å². The third kappa shape index (κ3) is 4.69. The van der Waals surface area contributed by atoms with Crippen molar-refractivity contribution in [2.45, 2.75) is 32.6 Å². The number of rotatable bonds is 6. The van der Waals surface area contributed by atoms with Crippen LogP contribution in [0, 0.1) is 0 Å². The molecule has 0 saturated heterocycles. The number of carboxylic acids is 1. The van der Waals surface area contributed by atoms with Crippen molar-refractivity contribution in [2.75, 3.05) is 11.9 Å². The Bertz CT molecular complexity index is 710. The van der Waals surface area contributed by atoms with Crippen molar-refractivity contribution in [3.8, 4) is 0 Å². The van der Waals surface area contributed by atoms with Crippen LogP contribution >= 0.6 is 0 Å². The number of nitrogens with one attached hydrogen (secondary N) is 1. The van der Waals surface area contributed by atoms with Gasteiger partial charge in [-0.1, -0.05) is 45.0 Å². The molecule has 0 aliphatic rings. The normalized spacial score (nSPS) is 11.1. The second-order valence-corrected chi connectivity index (χ2v) is 6.81. The Morgan fingerprint density at radius 2 is 1.46 bits per heavy atom. The van der Waals surface area contributed by atoms with Gasteiger partial charge in [0.25, 0.3) is 0 Å². The fourth-order valence-electron chi connectivity index (χ4n) is 2.35. The summed E-state index contributed by atoms with van der Waals surface area (Å²) in [5.74, 6) is -0.861. The van der Waals surface area contributed by atoms with Crippen molar-refractivity contribution in [3.05, 3.63) is 65.2 Å². The topological polar surface area (TPSA) is 66.4 Å². The Morgan fingerprint density at radius 1 is 0.917 bits per heavy atom. The van der Waals surface area contributed by atoms with Gasteiger partial charge >= 0.3 is 5.97 Å². The number of aromatic carboxylic acids is 1. The second kappa shape index (κ2) is 7.30. The standard InChI is InChI=1S/C20H23NO3/c1-20(2,3)16-8-4-14(5-9-16)18(22)12-13-21-17-10-6-15(7-11-17)19(23)24/h4-11,21H,12-13H2,1-3H3,(H,23,24). The molecule has 0 aromatic heterocycles. The van der Waals surface area contributed by atoms with Gasteiger partial charge in [0, 0.05) is 24.2 Å². The summed E-state index contributed by atoms with van der Waals surface area (Å²) in [4.78, 5) is 23.0. The Morgan fingerprint density at radius 3 is 1.96 bits per heavy atom. The fraction of sp³-hybridized carbons (Fsp3) is 0.300. The Balaban J connectivity index is 1.88. The lowest BCUT2D eigenvalue weighted by molar-refractivity contribution is 0.0696. The maximum absolute atomic E-state index is 12.2. The van der Waals surface area contributed by atoms with E-state index in [0.717, 1.165) is 5.69 Å². The molecule has 2 rings (SSSR count). The zero-order valence-electron chi connectivity index (χ0n) is 14.3. The van der Waals surface area contributed by atoms with Crippen molar-refractivity contribution in [3.63, 3.8) is 0 Å². The third-order valence-corrected chi connectivity index (χ3v) is 3.89. The summed E-state index contributed by atoms with van der Waals surface area (Å²) in [6.07, 6.45) is 0.384. The van der Waals surface area contributed by atoms with E-state index in [1.807, 2.05) is 24.3 Å². The number of ketones is 1. The van der Waals surface area contributed by atoms with Crippen LogP contribution in [0.1, 0.15) is 53.5 Å². The molecule has 126 valence electrons. The Labute approximate surface area is 142 Å². The van der Waals surface area contributed by atoms with E-state index >= 15 is 0 Å². The number of hydrogen-bond acceptors (Lipinski definition) is 3. The zero-order valence-corrected chi connectivity index (χ0v) is 14.3. The first-order valence-corrected chi connectivity index (χ1v) is 7.98. The number of carbonyl (C=O) groups is 2. The van der Waals surface area contributed by atoms with Gasteiger partial charge in [0.2, 0.25) is 0 Å². The third-order valence-electron chi connectivity index (χ3n) is 3.89. The summed E-state index contributed by atoms with van der Waals surface area (Å²) in [6.45, 7) is 6.93. The molecule has 0 unspecified atom stereocenters. The molecule has 4 nitrogen and oxygen atoms in total. The molecule has 4 heteroatoms. The van der Waals surface area contributed by atoms with Crippen molar-refractivity contribution < 1.29 is 14.7 Å². The molecule has 2 aromatic rings. The van der Waals surface area contributed by atoms with Gasteiger partial charge in [-0.2, -0.15) is 0 Å². The molecule has 0 bridgehead atoms. The second-order valence-electron chi connectivity index (χ2n) is 6.81. The van der Waals surface area contributed by atoms with E-state index in [2.05, 4.69) is 26.1 Å². The van der Waals surface area contributed by atoms with Crippen LogP contribution < -0.4 is 5.32 Å². The van der Waals surface area contributed by atoms with Gasteiger partial charge in [0.1, 0.15) is 0 Å². The maximum atomic E-state index is 12.2. The molecule has 0 radical (unpaired) electrons. The Hall–Kier alpha value is -2.62. The summed E-state index contributed by atoms with van der Waals surface area (Å²) in [5, 5.41) is 12.0. The lowest BCUT2D eigenvalue weighted by Gasteiger charge is -2.19. The predicted octanol–water partition coefficient (Wildman–Crippen LogP) is 4.37. The van der Waals surface area contributed by atoms with Gasteiger partial charge in [-0.15, -0.1) is 0 Å². The summed E-state index contributed by atoms with van der Waals surface area (Å²) in [5.41, 5.74) is 3.04. The summed E-state index contributed by atoms with van der Waals surface area (Å²) < 4.78 is 0. The Kier molecular flexibility index (Phi) is 5.39. The van der Waals surface area contributed by atoms with Crippen molar-refractivity contribution in [1.82, 2.24) is 0 Å². The van der Waals surface area contributed by atoms with E-state index in [1.165, 1.54) is 17.7 Å². The minimum Gasteiger partial charge on any atom is -0.478 e. The summed E-state index contributed by atoms with van der Waals surface area (Å²) in [6, 6.07) is 14.2. The highest BCUT2D eigenvalue weighted by Gasteiger charge is 2.14. The van der Waals surface area contributed by atoms with Crippen LogP contribution in [0.4, 0.5) is 5.69 Å². The minimum absolute atomic E-state index is 0.0747. The first kappa shape index (κ1) is 17.7. The first-order valence-electron chi connectivity index (χ1n) is 7.98. The molecule has 0 heterocycles. The molecule has 0 atom stereocenters. The van der Waals surface area contributed by atoms with Crippen LogP contribution in [-0.2, 0) is 5.41 Å². The summed E-state index contributed by atoms with van der Waals surface area (Å²) in [7, 11) is 0. The van der Waals surface area contributed by atoms with Crippen LogP contribution in [0.25, 0.3) is 0 Å². The molecule has 2 aromatic carbocycles. The minimum atomic E-state index is -0.949. The average molecular weight is 325 g/mol. The van der Waals surface area contributed by atoms with Crippen LogP contribution in [0.3, 0.4) is 0 Å². The molecule has 24 heavy (non-hydrogen) atoms. The number of carboxylic acid groups (broad SMARTS) is 1. The molecule has 0 aliphatic heterocycles. The maximum Gasteiger partial charge on any atom is 0.335 e. The van der Waals surface area contributed by atoms with E-state index < -0.39 is 5.97 Å². The lowest BCUT2D eigenvalue weighted by atomic mass is 9.86. The highest BCUT2D eigenvalue weighted by molar-refractivity contribution is 5.96. The lowest BCUT2D eigenvalue weighted by Crippen LogP contribution is -2.12.